The largest absolute Gasteiger partial charge is 0.369 e. The summed E-state index contributed by atoms with van der Waals surface area (Å²) >= 11 is 0. The van der Waals surface area contributed by atoms with Crippen molar-refractivity contribution < 1.29 is 4.79 Å². The molecule has 0 aliphatic rings. The molecule has 0 saturated carbocycles. The van der Waals surface area contributed by atoms with Crippen molar-refractivity contribution in [3.63, 3.8) is 0 Å². The molecule has 1 aromatic rings. The predicted octanol–water partition coefficient (Wildman–Crippen LogP) is 0.852. The monoisotopic (exact) mass is 206 g/mol. The van der Waals surface area contributed by atoms with Crippen LogP contribution < -0.4 is 11.5 Å². The van der Waals surface area contributed by atoms with E-state index in [2.05, 4.69) is 13.0 Å². The normalized spacial score (nSPS) is 12.4. The minimum atomic E-state index is -0.316. The molecule has 1 unspecified atom stereocenters. The lowest BCUT2D eigenvalue weighted by atomic mass is 9.94. The van der Waals surface area contributed by atoms with Gasteiger partial charge < -0.3 is 11.5 Å². The molecular formula is C12H18N2O. The molecule has 1 atom stereocenters. The van der Waals surface area contributed by atoms with Crippen molar-refractivity contribution in [3.8, 4) is 0 Å². The van der Waals surface area contributed by atoms with E-state index in [4.69, 9.17) is 11.5 Å². The van der Waals surface area contributed by atoms with E-state index in [1.165, 1.54) is 11.1 Å². The predicted molar refractivity (Wildman–Crippen MR) is 61.3 cm³/mol. The van der Waals surface area contributed by atoms with Crippen LogP contribution in [0.1, 0.15) is 18.1 Å². The molecular weight excluding hydrogens is 188 g/mol. The molecule has 0 heterocycles. The number of nitrogens with two attached hydrogens (primary N) is 2. The maximum Gasteiger partial charge on any atom is 0.222 e. The smallest absolute Gasteiger partial charge is 0.222 e. The number of carbonyl (C=O) groups excluding carboxylic acids is 1. The van der Waals surface area contributed by atoms with E-state index in [1.807, 2.05) is 18.2 Å². The Morgan fingerprint density at radius 2 is 1.93 bits per heavy atom. The van der Waals surface area contributed by atoms with Gasteiger partial charge in [-0.25, -0.2) is 0 Å². The van der Waals surface area contributed by atoms with Gasteiger partial charge in [-0.1, -0.05) is 31.2 Å². The minimum absolute atomic E-state index is 0.252. The topological polar surface area (TPSA) is 69.1 Å². The van der Waals surface area contributed by atoms with Gasteiger partial charge in [0.05, 0.1) is 5.92 Å². The molecule has 0 fully saturated rings. The zero-order chi connectivity index (χ0) is 11.3. The van der Waals surface area contributed by atoms with Crippen LogP contribution in [0.15, 0.2) is 24.3 Å². The van der Waals surface area contributed by atoms with E-state index >= 15 is 0 Å². The summed E-state index contributed by atoms with van der Waals surface area (Å²) in [7, 11) is 0. The quantitative estimate of drug-likeness (QED) is 0.750. The molecule has 15 heavy (non-hydrogen) atoms. The lowest BCUT2D eigenvalue weighted by molar-refractivity contribution is -0.121. The third-order valence-corrected chi connectivity index (χ3v) is 2.65. The standard InChI is InChI=1S/C12H18N2O/c1-2-9-5-3-4-6-10(9)7-11(8-13)12(14)15/h3-6,11H,2,7-8,13H2,1H3,(H2,14,15). The maximum atomic E-state index is 11.1. The summed E-state index contributed by atoms with van der Waals surface area (Å²) in [6.07, 6.45) is 1.61. The Morgan fingerprint density at radius 1 is 1.33 bits per heavy atom. The number of hydrogen-bond donors (Lipinski definition) is 2. The van der Waals surface area contributed by atoms with E-state index in [9.17, 15) is 4.79 Å². The van der Waals surface area contributed by atoms with Gasteiger partial charge in [-0.15, -0.1) is 0 Å². The van der Waals surface area contributed by atoms with E-state index < -0.39 is 0 Å². The number of benzene rings is 1. The number of carbonyl (C=O) groups is 1. The summed E-state index contributed by atoms with van der Waals surface area (Å²) < 4.78 is 0. The van der Waals surface area contributed by atoms with Gasteiger partial charge in [-0.2, -0.15) is 0 Å². The van der Waals surface area contributed by atoms with Gasteiger partial charge in [0.1, 0.15) is 0 Å². The number of amides is 1. The van der Waals surface area contributed by atoms with Crippen molar-refractivity contribution in [2.75, 3.05) is 6.54 Å². The van der Waals surface area contributed by atoms with E-state index in [-0.39, 0.29) is 11.8 Å². The fraction of sp³-hybridized carbons (Fsp3) is 0.417. The summed E-state index contributed by atoms with van der Waals surface area (Å²) in [5.74, 6) is -0.568. The van der Waals surface area contributed by atoms with Gasteiger partial charge in [0.15, 0.2) is 0 Å². The molecule has 1 aromatic carbocycles. The molecule has 82 valence electrons. The Hall–Kier alpha value is -1.35. The second kappa shape index (κ2) is 5.51. The van der Waals surface area contributed by atoms with Crippen LogP contribution in [0.4, 0.5) is 0 Å². The van der Waals surface area contributed by atoms with E-state index in [1.54, 1.807) is 0 Å². The van der Waals surface area contributed by atoms with Gasteiger partial charge >= 0.3 is 0 Å². The zero-order valence-corrected chi connectivity index (χ0v) is 9.07. The Labute approximate surface area is 90.5 Å². The van der Waals surface area contributed by atoms with E-state index in [0.29, 0.717) is 13.0 Å². The SMILES string of the molecule is CCc1ccccc1CC(CN)C(N)=O. The van der Waals surface area contributed by atoms with Crippen LogP contribution in [0.5, 0.6) is 0 Å². The third-order valence-electron chi connectivity index (χ3n) is 2.65. The van der Waals surface area contributed by atoms with Gasteiger partial charge in [0.25, 0.3) is 0 Å². The zero-order valence-electron chi connectivity index (χ0n) is 9.07. The van der Waals surface area contributed by atoms with Crippen LogP contribution in [0, 0.1) is 5.92 Å². The molecule has 4 N–H and O–H groups in total. The van der Waals surface area contributed by atoms with Gasteiger partial charge in [0.2, 0.25) is 5.91 Å². The minimum Gasteiger partial charge on any atom is -0.369 e. The van der Waals surface area contributed by atoms with Crippen molar-refractivity contribution in [3.05, 3.63) is 35.4 Å². The summed E-state index contributed by atoms with van der Waals surface area (Å²) in [6.45, 7) is 2.41. The highest BCUT2D eigenvalue weighted by molar-refractivity contribution is 5.77. The average Bonchev–Trinajstić information content (AvgIpc) is 2.25. The van der Waals surface area contributed by atoms with Crippen LogP contribution in [0.2, 0.25) is 0 Å². The molecule has 0 aromatic heterocycles. The molecule has 0 radical (unpaired) electrons. The molecule has 3 nitrogen and oxygen atoms in total. The van der Waals surface area contributed by atoms with Gasteiger partial charge in [-0.3, -0.25) is 4.79 Å². The Balaban J connectivity index is 2.82. The average molecular weight is 206 g/mol. The van der Waals surface area contributed by atoms with Gasteiger partial charge in [-0.05, 0) is 24.0 Å². The summed E-state index contributed by atoms with van der Waals surface area (Å²) in [6, 6.07) is 8.08. The fourth-order valence-corrected chi connectivity index (χ4v) is 1.67. The van der Waals surface area contributed by atoms with Crippen molar-refractivity contribution in [1.29, 1.82) is 0 Å². The van der Waals surface area contributed by atoms with E-state index in [0.717, 1.165) is 6.42 Å². The number of primary amides is 1. The summed E-state index contributed by atoms with van der Waals surface area (Å²) in [5.41, 5.74) is 13.2. The molecule has 0 saturated heterocycles. The molecule has 0 spiro atoms. The second-order valence-corrected chi connectivity index (χ2v) is 3.66. The fourth-order valence-electron chi connectivity index (χ4n) is 1.67. The van der Waals surface area contributed by atoms with Crippen molar-refractivity contribution in [2.24, 2.45) is 17.4 Å². The second-order valence-electron chi connectivity index (χ2n) is 3.66. The Bertz CT molecular complexity index is 336. The molecule has 0 bridgehead atoms. The molecule has 1 rings (SSSR count). The van der Waals surface area contributed by atoms with Crippen molar-refractivity contribution in [2.45, 2.75) is 19.8 Å². The first-order valence-electron chi connectivity index (χ1n) is 5.25. The highest BCUT2D eigenvalue weighted by atomic mass is 16.1. The molecule has 0 aliphatic carbocycles. The lowest BCUT2D eigenvalue weighted by Gasteiger charge is -2.13. The first-order valence-corrected chi connectivity index (χ1v) is 5.25. The lowest BCUT2D eigenvalue weighted by Crippen LogP contribution is -2.31. The van der Waals surface area contributed by atoms with Crippen LogP contribution in [0.25, 0.3) is 0 Å². The third kappa shape index (κ3) is 3.06. The molecule has 1 amide bonds. The first-order chi connectivity index (χ1) is 7.19. The first kappa shape index (κ1) is 11.7. The van der Waals surface area contributed by atoms with Crippen molar-refractivity contribution in [1.82, 2.24) is 0 Å². The highest BCUT2D eigenvalue weighted by Crippen LogP contribution is 2.14. The Morgan fingerprint density at radius 3 is 2.40 bits per heavy atom. The number of hydrogen-bond acceptors (Lipinski definition) is 2. The van der Waals surface area contributed by atoms with Crippen LogP contribution in [-0.4, -0.2) is 12.5 Å². The van der Waals surface area contributed by atoms with Crippen LogP contribution in [-0.2, 0) is 17.6 Å². The molecule has 3 heteroatoms. The number of rotatable bonds is 5. The van der Waals surface area contributed by atoms with Crippen LogP contribution in [0.3, 0.4) is 0 Å². The Kier molecular flexibility index (Phi) is 4.31. The number of aryl methyl sites for hydroxylation is 1. The highest BCUT2D eigenvalue weighted by Gasteiger charge is 2.14. The summed E-state index contributed by atoms with van der Waals surface area (Å²) in [5, 5.41) is 0. The van der Waals surface area contributed by atoms with Gasteiger partial charge in [0, 0.05) is 6.54 Å². The maximum absolute atomic E-state index is 11.1. The van der Waals surface area contributed by atoms with Crippen molar-refractivity contribution >= 4 is 5.91 Å². The van der Waals surface area contributed by atoms with Crippen LogP contribution >= 0.6 is 0 Å². The molecule has 0 aliphatic heterocycles. The summed E-state index contributed by atoms with van der Waals surface area (Å²) in [4.78, 5) is 11.1.